The summed E-state index contributed by atoms with van der Waals surface area (Å²) in [5.74, 6) is 1.13. The molecule has 0 bridgehead atoms. The summed E-state index contributed by atoms with van der Waals surface area (Å²) in [6.07, 6.45) is 3.46. The van der Waals surface area contributed by atoms with Crippen LogP contribution in [-0.4, -0.2) is 26.8 Å². The lowest BCUT2D eigenvalue weighted by Crippen LogP contribution is -2.05. The van der Waals surface area contributed by atoms with Crippen molar-refractivity contribution in [3.8, 4) is 5.88 Å². The van der Waals surface area contributed by atoms with Gasteiger partial charge in [0.1, 0.15) is 0 Å². The summed E-state index contributed by atoms with van der Waals surface area (Å²) < 4.78 is 5.30. The summed E-state index contributed by atoms with van der Waals surface area (Å²) >= 11 is 0. The number of hydrogen-bond donors (Lipinski definition) is 2. The van der Waals surface area contributed by atoms with E-state index in [1.165, 1.54) is 0 Å². The summed E-state index contributed by atoms with van der Waals surface area (Å²) in [7, 11) is 0. The third kappa shape index (κ3) is 2.93. The van der Waals surface area contributed by atoms with Crippen LogP contribution in [0, 0.1) is 6.92 Å². The van der Waals surface area contributed by atoms with Crippen molar-refractivity contribution in [3.63, 3.8) is 0 Å². The normalized spacial score (nSPS) is 10.2. The third-order valence-electron chi connectivity index (χ3n) is 2.29. The number of ether oxygens (including phenoxy) is 1. The second kappa shape index (κ2) is 5.29. The molecule has 2 aromatic rings. The first-order valence-electron chi connectivity index (χ1n) is 5.48. The molecule has 2 rings (SSSR count). The molecule has 0 aliphatic rings. The van der Waals surface area contributed by atoms with Crippen molar-refractivity contribution in [3.05, 3.63) is 29.7 Å². The Balaban J connectivity index is 1.99. The molecule has 0 radical (unpaired) electrons. The lowest BCUT2D eigenvalue weighted by molar-refractivity contribution is 0.326. The average molecular weight is 233 g/mol. The number of rotatable bonds is 5. The summed E-state index contributed by atoms with van der Waals surface area (Å²) in [4.78, 5) is 8.33. The smallest absolute Gasteiger partial charge is 0.226 e. The summed E-state index contributed by atoms with van der Waals surface area (Å²) in [6.45, 7) is 5.13. The van der Waals surface area contributed by atoms with Crippen LogP contribution in [0.5, 0.6) is 5.88 Å². The summed E-state index contributed by atoms with van der Waals surface area (Å²) in [6, 6.07) is 1.73. The minimum Gasteiger partial charge on any atom is -0.478 e. The van der Waals surface area contributed by atoms with Crippen molar-refractivity contribution < 1.29 is 4.74 Å². The monoisotopic (exact) mass is 233 g/mol. The number of nitrogens with one attached hydrogen (secondary N) is 2. The van der Waals surface area contributed by atoms with Crippen LogP contribution >= 0.6 is 0 Å². The van der Waals surface area contributed by atoms with Gasteiger partial charge in [-0.15, -0.1) is 0 Å². The Bertz CT molecular complexity index is 482. The van der Waals surface area contributed by atoms with Crippen LogP contribution < -0.4 is 10.1 Å². The van der Waals surface area contributed by atoms with Gasteiger partial charge in [0.25, 0.3) is 0 Å². The molecule has 2 aromatic heterocycles. The van der Waals surface area contributed by atoms with Crippen molar-refractivity contribution in [2.24, 2.45) is 0 Å². The maximum Gasteiger partial charge on any atom is 0.226 e. The van der Waals surface area contributed by atoms with E-state index in [4.69, 9.17) is 4.74 Å². The molecule has 17 heavy (non-hydrogen) atoms. The van der Waals surface area contributed by atoms with Gasteiger partial charge in [0.2, 0.25) is 11.8 Å². The summed E-state index contributed by atoms with van der Waals surface area (Å²) in [5, 5.41) is 9.96. The largest absolute Gasteiger partial charge is 0.478 e. The molecular weight excluding hydrogens is 218 g/mol. The van der Waals surface area contributed by atoms with Gasteiger partial charge >= 0.3 is 0 Å². The minimum absolute atomic E-state index is 0.552. The SMILES string of the molecule is CCOc1ccnc(NCc2cn[nH]c2C)n1. The van der Waals surface area contributed by atoms with Crippen molar-refractivity contribution in [1.82, 2.24) is 20.2 Å². The zero-order valence-electron chi connectivity index (χ0n) is 9.90. The Morgan fingerprint density at radius 2 is 2.35 bits per heavy atom. The molecule has 0 unspecified atom stereocenters. The molecule has 6 nitrogen and oxygen atoms in total. The molecule has 0 amide bonds. The Labute approximate surface area is 99.4 Å². The predicted molar refractivity (Wildman–Crippen MR) is 63.9 cm³/mol. The molecule has 6 heteroatoms. The number of H-pyrrole nitrogens is 1. The van der Waals surface area contributed by atoms with E-state index in [1.54, 1.807) is 18.5 Å². The molecule has 0 saturated carbocycles. The zero-order chi connectivity index (χ0) is 12.1. The fraction of sp³-hybridized carbons (Fsp3) is 0.364. The second-order valence-corrected chi connectivity index (χ2v) is 3.53. The van der Waals surface area contributed by atoms with Gasteiger partial charge in [0.15, 0.2) is 0 Å². The molecule has 0 aliphatic heterocycles. The van der Waals surface area contributed by atoms with Gasteiger partial charge < -0.3 is 10.1 Å². The molecule has 90 valence electrons. The highest BCUT2D eigenvalue weighted by molar-refractivity contribution is 5.30. The van der Waals surface area contributed by atoms with Crippen molar-refractivity contribution >= 4 is 5.95 Å². The van der Waals surface area contributed by atoms with Gasteiger partial charge in [0.05, 0.1) is 12.8 Å². The van der Waals surface area contributed by atoms with E-state index in [-0.39, 0.29) is 0 Å². The van der Waals surface area contributed by atoms with Crippen LogP contribution in [0.4, 0.5) is 5.95 Å². The highest BCUT2D eigenvalue weighted by atomic mass is 16.5. The third-order valence-corrected chi connectivity index (χ3v) is 2.29. The van der Waals surface area contributed by atoms with Crippen molar-refractivity contribution in [2.75, 3.05) is 11.9 Å². The van der Waals surface area contributed by atoms with E-state index in [2.05, 4.69) is 25.5 Å². The Morgan fingerprint density at radius 1 is 1.47 bits per heavy atom. The van der Waals surface area contributed by atoms with E-state index >= 15 is 0 Å². The molecule has 0 aliphatic carbocycles. The van der Waals surface area contributed by atoms with Gasteiger partial charge in [-0.05, 0) is 13.8 Å². The van der Waals surface area contributed by atoms with E-state index in [9.17, 15) is 0 Å². The molecule has 2 N–H and O–H groups in total. The van der Waals surface area contributed by atoms with Gasteiger partial charge in [-0.3, -0.25) is 5.10 Å². The number of aromatic nitrogens is 4. The van der Waals surface area contributed by atoms with Crippen molar-refractivity contribution in [2.45, 2.75) is 20.4 Å². The number of nitrogens with zero attached hydrogens (tertiary/aromatic N) is 3. The first-order valence-corrected chi connectivity index (χ1v) is 5.48. The van der Waals surface area contributed by atoms with Crippen LogP contribution in [-0.2, 0) is 6.54 Å². The van der Waals surface area contributed by atoms with Crippen LogP contribution in [0.2, 0.25) is 0 Å². The number of hydrogen-bond acceptors (Lipinski definition) is 5. The molecule has 2 heterocycles. The highest BCUT2D eigenvalue weighted by Crippen LogP contribution is 2.10. The van der Waals surface area contributed by atoms with Gasteiger partial charge in [-0.2, -0.15) is 10.1 Å². The molecule has 0 saturated heterocycles. The van der Waals surface area contributed by atoms with Gasteiger partial charge in [-0.1, -0.05) is 0 Å². The lowest BCUT2D eigenvalue weighted by Gasteiger charge is -2.06. The lowest BCUT2D eigenvalue weighted by atomic mass is 10.3. The Morgan fingerprint density at radius 3 is 3.06 bits per heavy atom. The van der Waals surface area contributed by atoms with Crippen LogP contribution in [0.25, 0.3) is 0 Å². The molecule has 0 fully saturated rings. The van der Waals surface area contributed by atoms with E-state index in [0.29, 0.717) is 25.0 Å². The van der Waals surface area contributed by atoms with Crippen LogP contribution in [0.3, 0.4) is 0 Å². The number of anilines is 1. The summed E-state index contributed by atoms with van der Waals surface area (Å²) in [5.41, 5.74) is 2.13. The number of aromatic amines is 1. The maximum absolute atomic E-state index is 5.30. The zero-order valence-corrected chi connectivity index (χ0v) is 9.90. The predicted octanol–water partition coefficient (Wildman–Crippen LogP) is 1.52. The van der Waals surface area contributed by atoms with Gasteiger partial charge in [0, 0.05) is 30.1 Å². The fourth-order valence-corrected chi connectivity index (χ4v) is 1.38. The van der Waals surface area contributed by atoms with Crippen molar-refractivity contribution in [1.29, 1.82) is 0 Å². The average Bonchev–Trinajstić information content (AvgIpc) is 2.73. The first-order chi connectivity index (χ1) is 8.29. The molecule has 0 atom stereocenters. The van der Waals surface area contributed by atoms with Crippen LogP contribution in [0.1, 0.15) is 18.2 Å². The number of aryl methyl sites for hydroxylation is 1. The quantitative estimate of drug-likeness (QED) is 0.818. The second-order valence-electron chi connectivity index (χ2n) is 3.53. The fourth-order valence-electron chi connectivity index (χ4n) is 1.38. The van der Waals surface area contributed by atoms with Gasteiger partial charge in [-0.25, -0.2) is 4.98 Å². The van der Waals surface area contributed by atoms with E-state index in [0.717, 1.165) is 11.3 Å². The van der Waals surface area contributed by atoms with Crippen LogP contribution in [0.15, 0.2) is 18.5 Å². The molecule has 0 aromatic carbocycles. The standard InChI is InChI=1S/C11H15N5O/c1-3-17-10-4-5-12-11(15-10)13-6-9-7-14-16-8(9)2/h4-5,7H,3,6H2,1-2H3,(H,14,16)(H,12,13,15). The Hall–Kier alpha value is -2.11. The topological polar surface area (TPSA) is 75.7 Å². The highest BCUT2D eigenvalue weighted by Gasteiger charge is 2.02. The Kier molecular flexibility index (Phi) is 3.54. The first kappa shape index (κ1) is 11.4. The van der Waals surface area contributed by atoms with E-state index < -0.39 is 0 Å². The maximum atomic E-state index is 5.30. The van der Waals surface area contributed by atoms with E-state index in [1.807, 2.05) is 13.8 Å². The molecule has 0 spiro atoms. The molecular formula is C11H15N5O. The minimum atomic E-state index is 0.552.